The van der Waals surface area contributed by atoms with Crippen molar-refractivity contribution in [2.75, 3.05) is 27.7 Å². The molecule has 2 aromatic rings. The molecule has 0 aliphatic heterocycles. The summed E-state index contributed by atoms with van der Waals surface area (Å²) in [6, 6.07) is 17.5. The molecule has 0 aliphatic rings. The second kappa shape index (κ2) is 7.61. The number of carbonyl (C=O) groups is 1. The number of rotatable bonds is 6. The molecule has 1 atom stereocenters. The maximum absolute atomic E-state index is 12.4. The van der Waals surface area contributed by atoms with Crippen LogP contribution in [0.2, 0.25) is 0 Å². The van der Waals surface area contributed by atoms with Crippen LogP contribution in [0.5, 0.6) is 5.75 Å². The maximum atomic E-state index is 12.4. The van der Waals surface area contributed by atoms with E-state index in [2.05, 4.69) is 22.3 Å². The van der Waals surface area contributed by atoms with Gasteiger partial charge in [-0.1, -0.05) is 42.5 Å². The van der Waals surface area contributed by atoms with Gasteiger partial charge in [0, 0.05) is 6.54 Å². The number of hydrogen-bond acceptors (Lipinski definition) is 3. The molecule has 0 fully saturated rings. The number of carbonyl (C=O) groups excluding carboxylic acids is 1. The number of para-hydroxylation sites is 1. The number of ether oxygens (including phenoxy) is 1. The zero-order chi connectivity index (χ0) is 15.9. The van der Waals surface area contributed by atoms with Crippen LogP contribution in [-0.2, 0) is 0 Å². The molecule has 2 aromatic carbocycles. The molecule has 1 amide bonds. The molecule has 116 valence electrons. The fourth-order valence-corrected chi connectivity index (χ4v) is 2.39. The third-order valence-electron chi connectivity index (χ3n) is 3.62. The van der Waals surface area contributed by atoms with Crippen LogP contribution in [0, 0.1) is 0 Å². The van der Waals surface area contributed by atoms with Crippen LogP contribution in [0.25, 0.3) is 0 Å². The average molecular weight is 298 g/mol. The van der Waals surface area contributed by atoms with Crippen molar-refractivity contribution in [1.29, 1.82) is 0 Å². The minimum atomic E-state index is -0.125. The Bertz CT molecular complexity index is 611. The number of amides is 1. The molecule has 0 spiro atoms. The van der Waals surface area contributed by atoms with Crippen molar-refractivity contribution in [3.05, 3.63) is 65.7 Å². The average Bonchev–Trinajstić information content (AvgIpc) is 2.55. The Balaban J connectivity index is 2.08. The molecule has 4 nitrogen and oxygen atoms in total. The van der Waals surface area contributed by atoms with Gasteiger partial charge >= 0.3 is 0 Å². The number of benzene rings is 2. The molecule has 1 N–H and O–H groups in total. The van der Waals surface area contributed by atoms with Crippen molar-refractivity contribution >= 4 is 5.91 Å². The lowest BCUT2D eigenvalue weighted by molar-refractivity contribution is 0.0939. The van der Waals surface area contributed by atoms with E-state index in [0.29, 0.717) is 17.9 Å². The standard InChI is InChI=1S/C18H22N2O2/c1-20(2)16(14-9-5-4-6-10-14)13-19-18(21)15-11-7-8-12-17(15)22-3/h4-12,16H,13H2,1-3H3,(H,19,21)/t16-/m1/s1. The summed E-state index contributed by atoms with van der Waals surface area (Å²) in [5, 5.41) is 2.99. The lowest BCUT2D eigenvalue weighted by Gasteiger charge is -2.25. The predicted molar refractivity (Wildman–Crippen MR) is 88.2 cm³/mol. The van der Waals surface area contributed by atoms with Crippen molar-refractivity contribution < 1.29 is 9.53 Å². The molecular weight excluding hydrogens is 276 g/mol. The van der Waals surface area contributed by atoms with Crippen molar-refractivity contribution in [1.82, 2.24) is 10.2 Å². The van der Waals surface area contributed by atoms with Crippen molar-refractivity contribution in [2.24, 2.45) is 0 Å². The highest BCUT2D eigenvalue weighted by molar-refractivity contribution is 5.96. The highest BCUT2D eigenvalue weighted by Gasteiger charge is 2.17. The molecular formula is C18H22N2O2. The molecule has 0 saturated heterocycles. The molecule has 0 unspecified atom stereocenters. The molecule has 2 rings (SSSR count). The van der Waals surface area contributed by atoms with Gasteiger partial charge in [0.15, 0.2) is 0 Å². The van der Waals surface area contributed by atoms with Crippen molar-refractivity contribution in [2.45, 2.75) is 6.04 Å². The van der Waals surface area contributed by atoms with Crippen molar-refractivity contribution in [3.63, 3.8) is 0 Å². The van der Waals surface area contributed by atoms with E-state index in [9.17, 15) is 4.79 Å². The van der Waals surface area contributed by atoms with E-state index in [1.165, 1.54) is 5.56 Å². The Morgan fingerprint density at radius 1 is 1.09 bits per heavy atom. The summed E-state index contributed by atoms with van der Waals surface area (Å²) in [7, 11) is 5.58. The van der Waals surface area contributed by atoms with Crippen LogP contribution < -0.4 is 10.1 Å². The Labute approximate surface area is 131 Å². The van der Waals surface area contributed by atoms with Gasteiger partial charge in [-0.3, -0.25) is 4.79 Å². The van der Waals surface area contributed by atoms with Crippen LogP contribution >= 0.6 is 0 Å². The van der Waals surface area contributed by atoms with Gasteiger partial charge in [-0.15, -0.1) is 0 Å². The first-order valence-electron chi connectivity index (χ1n) is 7.26. The fraction of sp³-hybridized carbons (Fsp3) is 0.278. The quantitative estimate of drug-likeness (QED) is 0.891. The number of hydrogen-bond donors (Lipinski definition) is 1. The molecule has 4 heteroatoms. The van der Waals surface area contributed by atoms with E-state index >= 15 is 0 Å². The first-order valence-corrected chi connectivity index (χ1v) is 7.26. The first-order chi connectivity index (χ1) is 10.6. The normalized spacial score (nSPS) is 12.0. The van der Waals surface area contributed by atoms with Gasteiger partial charge in [0.05, 0.1) is 18.7 Å². The van der Waals surface area contributed by atoms with E-state index in [-0.39, 0.29) is 11.9 Å². The van der Waals surface area contributed by atoms with Crippen LogP contribution in [0.15, 0.2) is 54.6 Å². The smallest absolute Gasteiger partial charge is 0.255 e. The first kappa shape index (κ1) is 16.0. The largest absolute Gasteiger partial charge is 0.496 e. The summed E-state index contributed by atoms with van der Waals surface area (Å²) in [4.78, 5) is 14.5. The summed E-state index contributed by atoms with van der Waals surface area (Å²) in [5.41, 5.74) is 1.73. The summed E-state index contributed by atoms with van der Waals surface area (Å²) in [5.74, 6) is 0.460. The topological polar surface area (TPSA) is 41.6 Å². The minimum absolute atomic E-state index is 0.125. The zero-order valence-corrected chi connectivity index (χ0v) is 13.2. The molecule has 22 heavy (non-hydrogen) atoms. The molecule has 0 radical (unpaired) electrons. The Kier molecular flexibility index (Phi) is 5.55. The monoisotopic (exact) mass is 298 g/mol. The molecule has 0 bridgehead atoms. The van der Waals surface area contributed by atoms with Crippen molar-refractivity contribution in [3.8, 4) is 5.75 Å². The van der Waals surface area contributed by atoms with Gasteiger partial charge in [0.25, 0.3) is 5.91 Å². The van der Waals surface area contributed by atoms with E-state index in [1.54, 1.807) is 19.2 Å². The predicted octanol–water partition coefficient (Wildman–Crippen LogP) is 2.73. The Morgan fingerprint density at radius 2 is 1.73 bits per heavy atom. The van der Waals surface area contributed by atoms with E-state index in [0.717, 1.165) is 0 Å². The third-order valence-corrected chi connectivity index (χ3v) is 3.62. The summed E-state index contributed by atoms with van der Waals surface area (Å²) in [6.45, 7) is 0.536. The van der Waals surface area contributed by atoms with E-state index in [1.807, 2.05) is 44.4 Å². The minimum Gasteiger partial charge on any atom is -0.496 e. The molecule has 0 aromatic heterocycles. The van der Waals surface area contributed by atoms with Gasteiger partial charge in [0.1, 0.15) is 5.75 Å². The number of nitrogens with zero attached hydrogens (tertiary/aromatic N) is 1. The van der Waals surface area contributed by atoms with Crippen LogP contribution in [0.3, 0.4) is 0 Å². The number of nitrogens with one attached hydrogen (secondary N) is 1. The third kappa shape index (κ3) is 3.86. The molecule has 0 saturated carbocycles. The summed E-state index contributed by atoms with van der Waals surface area (Å²) < 4.78 is 5.23. The second-order valence-electron chi connectivity index (χ2n) is 5.30. The SMILES string of the molecule is COc1ccccc1C(=O)NC[C@H](c1ccccc1)N(C)C. The summed E-state index contributed by atoms with van der Waals surface area (Å²) in [6.07, 6.45) is 0. The highest BCUT2D eigenvalue weighted by Crippen LogP contribution is 2.19. The summed E-state index contributed by atoms with van der Waals surface area (Å²) >= 11 is 0. The number of methoxy groups -OCH3 is 1. The Morgan fingerprint density at radius 3 is 2.36 bits per heavy atom. The van der Waals surface area contributed by atoms with Gasteiger partial charge in [0.2, 0.25) is 0 Å². The molecule has 0 heterocycles. The fourth-order valence-electron chi connectivity index (χ4n) is 2.39. The zero-order valence-electron chi connectivity index (χ0n) is 13.2. The van der Waals surface area contributed by atoms with Gasteiger partial charge in [-0.25, -0.2) is 0 Å². The lowest BCUT2D eigenvalue weighted by atomic mass is 10.1. The maximum Gasteiger partial charge on any atom is 0.255 e. The molecule has 0 aliphatic carbocycles. The van der Waals surface area contributed by atoms with E-state index < -0.39 is 0 Å². The Hall–Kier alpha value is -2.33. The lowest BCUT2D eigenvalue weighted by Crippen LogP contribution is -2.34. The van der Waals surface area contributed by atoms with Crippen LogP contribution in [-0.4, -0.2) is 38.6 Å². The van der Waals surface area contributed by atoms with Gasteiger partial charge in [-0.2, -0.15) is 0 Å². The second-order valence-corrected chi connectivity index (χ2v) is 5.30. The number of likely N-dealkylation sites (N-methyl/N-ethyl adjacent to an activating group) is 1. The van der Waals surface area contributed by atoms with Crippen LogP contribution in [0.4, 0.5) is 0 Å². The van der Waals surface area contributed by atoms with E-state index in [4.69, 9.17) is 4.74 Å². The van der Waals surface area contributed by atoms with Gasteiger partial charge < -0.3 is 15.0 Å². The van der Waals surface area contributed by atoms with Gasteiger partial charge in [-0.05, 0) is 31.8 Å². The highest BCUT2D eigenvalue weighted by atomic mass is 16.5. The van der Waals surface area contributed by atoms with Crippen LogP contribution in [0.1, 0.15) is 22.0 Å².